The molecule has 20 heteroatoms. The first-order chi connectivity index (χ1) is 31.8. The maximum atomic E-state index is 14.5. The molecule has 1 aromatic carbocycles. The van der Waals surface area contributed by atoms with Gasteiger partial charge < -0.3 is 34.9 Å². The number of sulfonamides is 1. The molecule has 0 bridgehead atoms. The van der Waals surface area contributed by atoms with Crippen LogP contribution in [0.3, 0.4) is 0 Å². The molecule has 7 rings (SSSR count). The van der Waals surface area contributed by atoms with Crippen molar-refractivity contribution in [2.45, 2.75) is 147 Å². The molecule has 3 fully saturated rings. The van der Waals surface area contributed by atoms with Crippen molar-refractivity contribution in [2.75, 3.05) is 13.7 Å². The van der Waals surface area contributed by atoms with Crippen LogP contribution in [0.15, 0.2) is 54.7 Å². The monoisotopic (exact) mass is 978 g/mol. The summed E-state index contributed by atoms with van der Waals surface area (Å²) in [6.45, 7) is 11.4. The zero-order valence-electron chi connectivity index (χ0n) is 39.8. The van der Waals surface area contributed by atoms with Gasteiger partial charge in [-0.2, -0.15) is 13.2 Å². The SMILES string of the molecule is CC(C)(OC(N)=O)C(F)(F)F.CC[C@H]1CC(=O)N2C[C@H](Oc3nc(-c4ccc(OC(C)C)cn4)cc4cc(OC)ccc34)C[C@H]2C(=O)N[C@]2(C(=O)NS(=O)(=O)C3(C)CC3)C[C@H]2/C=C\CC[C@@H](C)C1.[HH].[HH].[HH]. The van der Waals surface area contributed by atoms with Crippen LogP contribution >= 0.6 is 0 Å². The lowest BCUT2D eigenvalue weighted by atomic mass is 9.88. The lowest BCUT2D eigenvalue weighted by molar-refractivity contribution is -0.243. The summed E-state index contributed by atoms with van der Waals surface area (Å²) in [5.41, 5.74) is 1.60. The van der Waals surface area contributed by atoms with E-state index in [1.54, 1.807) is 25.1 Å². The molecule has 4 aliphatic rings. The van der Waals surface area contributed by atoms with Crippen molar-refractivity contribution in [2.24, 2.45) is 23.5 Å². The van der Waals surface area contributed by atoms with Gasteiger partial charge in [0.15, 0.2) is 0 Å². The van der Waals surface area contributed by atoms with Crippen LogP contribution in [-0.4, -0.2) is 101 Å². The molecule has 2 aromatic heterocycles. The molecule has 378 valence electrons. The van der Waals surface area contributed by atoms with Crippen molar-refractivity contribution in [1.29, 1.82) is 0 Å². The summed E-state index contributed by atoms with van der Waals surface area (Å²) < 4.78 is 85.1. The number of methoxy groups -OCH3 is 1. The van der Waals surface area contributed by atoms with Gasteiger partial charge in [-0.3, -0.25) is 24.1 Å². The molecular formula is C48H69F3N6O10S. The Kier molecular flexibility index (Phi) is 15.3. The van der Waals surface area contributed by atoms with Gasteiger partial charge in [0, 0.05) is 28.4 Å². The molecule has 3 aromatic rings. The van der Waals surface area contributed by atoms with Crippen molar-refractivity contribution in [3.63, 3.8) is 0 Å². The summed E-state index contributed by atoms with van der Waals surface area (Å²) in [7, 11) is -2.36. The molecule has 68 heavy (non-hydrogen) atoms. The highest BCUT2D eigenvalue weighted by molar-refractivity contribution is 7.91. The van der Waals surface area contributed by atoms with Gasteiger partial charge in [-0.15, -0.1) is 0 Å². The average molecular weight is 979 g/mol. The Balaban J connectivity index is 0.000000852. The van der Waals surface area contributed by atoms with Gasteiger partial charge in [-0.25, -0.2) is 18.2 Å². The largest absolute Gasteiger partial charge is 0.497 e. The third kappa shape index (κ3) is 12.0. The molecule has 6 atom stereocenters. The normalized spacial score (nSPS) is 25.5. The van der Waals surface area contributed by atoms with Crippen LogP contribution in [0, 0.1) is 17.8 Å². The van der Waals surface area contributed by atoms with Gasteiger partial charge in [0.2, 0.25) is 33.3 Å². The predicted octanol–water partition coefficient (Wildman–Crippen LogP) is 8.27. The second-order valence-electron chi connectivity index (χ2n) is 19.4. The Hall–Kier alpha value is -5.66. The zero-order chi connectivity index (χ0) is 50.0. The zero-order valence-corrected chi connectivity index (χ0v) is 40.6. The number of alkyl halides is 3. The number of halogens is 3. The minimum Gasteiger partial charge on any atom is -0.497 e. The maximum absolute atomic E-state index is 14.5. The highest BCUT2D eigenvalue weighted by Gasteiger charge is 2.63. The van der Waals surface area contributed by atoms with E-state index in [1.165, 1.54) is 0 Å². The van der Waals surface area contributed by atoms with E-state index in [0.29, 0.717) is 52.9 Å². The summed E-state index contributed by atoms with van der Waals surface area (Å²) >= 11 is 0. The number of rotatable bonds is 11. The van der Waals surface area contributed by atoms with Gasteiger partial charge in [0.1, 0.15) is 29.2 Å². The van der Waals surface area contributed by atoms with E-state index in [4.69, 9.17) is 19.2 Å². The van der Waals surface area contributed by atoms with Crippen molar-refractivity contribution >= 4 is 44.6 Å². The molecule has 16 nitrogen and oxygen atoms in total. The number of carbonyl (C=O) groups is 4. The van der Waals surface area contributed by atoms with Gasteiger partial charge in [-0.1, -0.05) is 32.4 Å². The topological polar surface area (TPSA) is 218 Å². The number of fused-ring (bicyclic) bond motifs is 3. The third-order valence-electron chi connectivity index (χ3n) is 13.1. The minimum atomic E-state index is -4.60. The van der Waals surface area contributed by atoms with E-state index in [-0.39, 0.29) is 53.9 Å². The van der Waals surface area contributed by atoms with E-state index < -0.39 is 62.1 Å². The minimum absolute atomic E-state index is 0. The Morgan fingerprint density at radius 3 is 2.37 bits per heavy atom. The predicted molar refractivity (Wildman–Crippen MR) is 253 cm³/mol. The number of nitrogens with zero attached hydrogens (tertiary/aromatic N) is 3. The second kappa shape index (κ2) is 20.1. The molecule has 0 radical (unpaired) electrons. The first kappa shape index (κ1) is 51.7. The van der Waals surface area contributed by atoms with Crippen LogP contribution in [0.5, 0.6) is 17.4 Å². The fourth-order valence-electron chi connectivity index (χ4n) is 8.45. The molecule has 4 heterocycles. The lowest BCUT2D eigenvalue weighted by Gasteiger charge is -2.28. The van der Waals surface area contributed by atoms with Crippen molar-refractivity contribution in [1.82, 2.24) is 24.9 Å². The Bertz CT molecular complexity index is 2520. The fourth-order valence-corrected chi connectivity index (χ4v) is 9.76. The number of amides is 4. The number of hydrogen-bond acceptors (Lipinski definition) is 12. The van der Waals surface area contributed by atoms with Gasteiger partial charge in [0.05, 0.1) is 42.1 Å². The van der Waals surface area contributed by atoms with Crippen LogP contribution in [0.2, 0.25) is 0 Å². The summed E-state index contributed by atoms with van der Waals surface area (Å²) in [5.74, 6) is 0.284. The quantitative estimate of drug-likeness (QED) is 0.155. The summed E-state index contributed by atoms with van der Waals surface area (Å²) in [6.07, 6.45) is 3.93. The first-order valence-corrected chi connectivity index (χ1v) is 24.5. The molecule has 4 N–H and O–H groups in total. The van der Waals surface area contributed by atoms with Crippen molar-refractivity contribution < 1.29 is 64.0 Å². The molecule has 0 unspecified atom stereocenters. The summed E-state index contributed by atoms with van der Waals surface area (Å²) in [5, 5.41) is 4.48. The Morgan fingerprint density at radius 2 is 1.78 bits per heavy atom. The Labute approximate surface area is 399 Å². The highest BCUT2D eigenvalue weighted by Crippen LogP contribution is 2.48. The fraction of sp³-hybridized carbons (Fsp3) is 0.583. The van der Waals surface area contributed by atoms with E-state index in [9.17, 15) is 40.8 Å². The van der Waals surface area contributed by atoms with E-state index in [1.807, 2.05) is 62.4 Å². The number of benzene rings is 1. The number of hydrogen-bond donors (Lipinski definition) is 3. The standard InChI is InChI=1S/C43H55N5O8S.C5H8F3NO2.3H2/c1-7-28-18-27(4)10-8-9-11-30-23-43(30,41(51)47-57(52,53)42(5)16-17-42)46-39(50)37-22-33(25-48(37)38(49)19-28)56-40-34-14-12-31(54-6)20-29(34)21-36(45-40)35-15-13-32(24-44-35)55-26(2)3;1-4(2,5(6,7)8)11-3(9)10;;;/h9,11-15,20-21,24,26-28,30,33,37H,7-8,10,16-19,22-23,25H2,1-6H3,(H,46,50)(H,47,51);1-2H3,(H2,9,10);3*1H/b11-9-;;;;/t27-,28-,30-,33-,37+,43-;;;;/m1..../s1. The van der Waals surface area contributed by atoms with Gasteiger partial charge >= 0.3 is 12.3 Å². The van der Waals surface area contributed by atoms with E-state index >= 15 is 0 Å². The number of aromatic nitrogens is 2. The molecule has 4 amide bonds. The number of pyridine rings is 2. The third-order valence-corrected chi connectivity index (χ3v) is 15.3. The number of primary amides is 1. The lowest BCUT2D eigenvalue weighted by Crippen LogP contribution is -2.57. The van der Waals surface area contributed by atoms with Crippen LogP contribution in [0.1, 0.15) is 111 Å². The molecular weight excluding hydrogens is 910 g/mol. The van der Waals surface area contributed by atoms with Crippen molar-refractivity contribution in [3.05, 3.63) is 54.7 Å². The summed E-state index contributed by atoms with van der Waals surface area (Å²) in [4.78, 5) is 63.7. The van der Waals surface area contributed by atoms with Crippen molar-refractivity contribution in [3.8, 4) is 28.8 Å². The Morgan fingerprint density at radius 1 is 1.07 bits per heavy atom. The molecule has 0 spiro atoms. The molecule has 1 saturated heterocycles. The number of nitrogens with one attached hydrogen (secondary N) is 2. The number of nitrogens with two attached hydrogens (primary N) is 1. The smallest absolute Gasteiger partial charge is 0.427 e. The van der Waals surface area contributed by atoms with E-state index in [2.05, 4.69) is 39.3 Å². The number of carbonyl (C=O) groups excluding carboxylic acids is 4. The second-order valence-corrected chi connectivity index (χ2v) is 21.6. The average Bonchev–Trinajstić information content (AvgIpc) is 4.14. The molecule has 2 aliphatic carbocycles. The highest BCUT2D eigenvalue weighted by atomic mass is 32.2. The maximum Gasteiger partial charge on any atom is 0.427 e. The van der Waals surface area contributed by atoms with E-state index in [0.717, 1.165) is 44.9 Å². The molecule has 2 saturated carbocycles. The summed E-state index contributed by atoms with van der Waals surface area (Å²) in [6, 6.07) is 10.2. The van der Waals surface area contributed by atoms with Gasteiger partial charge in [0.25, 0.3) is 5.91 Å². The van der Waals surface area contributed by atoms with Crippen LogP contribution in [0.25, 0.3) is 22.2 Å². The van der Waals surface area contributed by atoms with Gasteiger partial charge in [-0.05, 0) is 127 Å². The van der Waals surface area contributed by atoms with Crippen LogP contribution in [0.4, 0.5) is 18.0 Å². The van der Waals surface area contributed by atoms with Crippen LogP contribution in [-0.2, 0) is 29.1 Å². The number of ether oxygens (including phenoxy) is 4. The molecule has 2 aliphatic heterocycles. The van der Waals surface area contributed by atoms with Crippen LogP contribution < -0.4 is 30.0 Å². The first-order valence-electron chi connectivity index (χ1n) is 23.0. The number of allylic oxidation sites excluding steroid dienone is 1.